The number of hydrogen-bond donors (Lipinski definition) is 6. The van der Waals surface area contributed by atoms with E-state index in [2.05, 4.69) is 16.0 Å². The van der Waals surface area contributed by atoms with Crippen molar-refractivity contribution in [3.05, 3.63) is 65.7 Å². The summed E-state index contributed by atoms with van der Waals surface area (Å²) in [6.45, 7) is 7.04. The maximum atomic E-state index is 13.4. The van der Waals surface area contributed by atoms with E-state index in [0.717, 1.165) is 5.56 Å². The topological polar surface area (TPSA) is 171 Å². The van der Waals surface area contributed by atoms with Crippen LogP contribution in [0, 0.1) is 11.8 Å². The number of carbonyl (C=O) groups is 4. The minimum atomic E-state index is -1.26. The van der Waals surface area contributed by atoms with Crippen LogP contribution in [0.15, 0.2) is 54.6 Å². The molecular weight excluding hydrogens is 488 g/mol. The summed E-state index contributed by atoms with van der Waals surface area (Å²) in [6.07, 6.45) is 0.161. The van der Waals surface area contributed by atoms with Crippen LogP contribution in [0.2, 0.25) is 0 Å². The number of benzene rings is 2. The maximum absolute atomic E-state index is 13.4. The number of aromatic hydroxyl groups is 1. The first-order valence-corrected chi connectivity index (χ1v) is 12.6. The number of carboxylic acids is 1. The molecule has 0 aliphatic carbocycles. The van der Waals surface area contributed by atoms with Crippen molar-refractivity contribution in [3.63, 3.8) is 0 Å². The van der Waals surface area contributed by atoms with Crippen LogP contribution in [-0.4, -0.2) is 58.1 Å². The Morgan fingerprint density at radius 3 is 1.76 bits per heavy atom. The van der Waals surface area contributed by atoms with Crippen LogP contribution in [0.3, 0.4) is 0 Å². The molecule has 0 bridgehead atoms. The van der Waals surface area contributed by atoms with Crippen molar-refractivity contribution >= 4 is 23.7 Å². The molecule has 0 saturated heterocycles. The minimum Gasteiger partial charge on any atom is -0.508 e. The molecule has 0 aliphatic heterocycles. The number of carboxylic acid groups (broad SMARTS) is 1. The van der Waals surface area contributed by atoms with E-state index in [0.29, 0.717) is 5.56 Å². The Bertz CT molecular complexity index is 1090. The molecule has 7 N–H and O–H groups in total. The molecule has 0 saturated carbocycles. The van der Waals surface area contributed by atoms with Crippen LogP contribution in [0.25, 0.3) is 0 Å². The van der Waals surface area contributed by atoms with Crippen LogP contribution >= 0.6 is 0 Å². The molecule has 0 heterocycles. The second-order valence-corrected chi connectivity index (χ2v) is 10.0. The molecule has 2 aromatic carbocycles. The molecule has 4 atom stereocenters. The summed E-state index contributed by atoms with van der Waals surface area (Å²) in [7, 11) is 0. The van der Waals surface area contributed by atoms with Crippen molar-refractivity contribution in [1.29, 1.82) is 0 Å². The van der Waals surface area contributed by atoms with Gasteiger partial charge in [-0.15, -0.1) is 0 Å². The summed E-state index contributed by atoms with van der Waals surface area (Å²) in [4.78, 5) is 51.0. The van der Waals surface area contributed by atoms with Crippen molar-refractivity contribution in [2.24, 2.45) is 17.6 Å². The van der Waals surface area contributed by atoms with Crippen LogP contribution in [0.4, 0.5) is 0 Å². The Labute approximate surface area is 223 Å². The van der Waals surface area contributed by atoms with Gasteiger partial charge in [0.05, 0.1) is 6.04 Å². The van der Waals surface area contributed by atoms with Gasteiger partial charge in [-0.3, -0.25) is 14.4 Å². The molecular formula is C28H38N4O6. The largest absolute Gasteiger partial charge is 0.508 e. The van der Waals surface area contributed by atoms with Gasteiger partial charge in [0.1, 0.15) is 23.9 Å². The van der Waals surface area contributed by atoms with Gasteiger partial charge in [0.15, 0.2) is 0 Å². The first kappa shape index (κ1) is 30.3. The van der Waals surface area contributed by atoms with Gasteiger partial charge in [0.2, 0.25) is 17.7 Å². The summed E-state index contributed by atoms with van der Waals surface area (Å²) >= 11 is 0. The zero-order valence-corrected chi connectivity index (χ0v) is 22.2. The molecule has 3 amide bonds. The number of carbonyl (C=O) groups excluding carboxylic acids is 3. The second-order valence-electron chi connectivity index (χ2n) is 10.0. The maximum Gasteiger partial charge on any atom is 0.326 e. The number of phenolic OH excluding ortho intramolecular Hbond substituents is 1. The van der Waals surface area contributed by atoms with Crippen LogP contribution < -0.4 is 21.7 Å². The van der Waals surface area contributed by atoms with Gasteiger partial charge >= 0.3 is 5.97 Å². The fourth-order valence-corrected chi connectivity index (χ4v) is 3.75. The Morgan fingerprint density at radius 1 is 0.711 bits per heavy atom. The van der Waals surface area contributed by atoms with E-state index < -0.39 is 47.9 Å². The lowest BCUT2D eigenvalue weighted by Crippen LogP contribution is -2.59. The number of nitrogens with two attached hydrogens (primary N) is 1. The van der Waals surface area contributed by atoms with Crippen molar-refractivity contribution in [2.75, 3.05) is 0 Å². The third-order valence-electron chi connectivity index (χ3n) is 6.17. The number of hydrogen-bond acceptors (Lipinski definition) is 6. The number of rotatable bonds is 13. The van der Waals surface area contributed by atoms with Crippen LogP contribution in [0.1, 0.15) is 38.8 Å². The van der Waals surface area contributed by atoms with Crippen LogP contribution in [0.5, 0.6) is 5.75 Å². The summed E-state index contributed by atoms with van der Waals surface area (Å²) in [5.41, 5.74) is 7.38. The van der Waals surface area contributed by atoms with Crippen molar-refractivity contribution in [3.8, 4) is 5.75 Å². The molecule has 0 fully saturated rings. The van der Waals surface area contributed by atoms with Gasteiger partial charge < -0.3 is 31.9 Å². The average molecular weight is 527 g/mol. The van der Waals surface area contributed by atoms with Gasteiger partial charge in [-0.25, -0.2) is 4.79 Å². The first-order valence-electron chi connectivity index (χ1n) is 12.6. The Kier molecular flexibility index (Phi) is 11.3. The number of amides is 3. The summed E-state index contributed by atoms with van der Waals surface area (Å²) in [5.74, 6) is -3.46. The smallest absolute Gasteiger partial charge is 0.326 e. The van der Waals surface area contributed by atoms with Crippen molar-refractivity contribution in [1.82, 2.24) is 16.0 Å². The van der Waals surface area contributed by atoms with Gasteiger partial charge in [0.25, 0.3) is 0 Å². The Balaban J connectivity index is 2.19. The van der Waals surface area contributed by atoms with Gasteiger partial charge in [-0.1, -0.05) is 70.2 Å². The molecule has 10 heteroatoms. The van der Waals surface area contributed by atoms with Gasteiger partial charge in [-0.2, -0.15) is 0 Å². The summed E-state index contributed by atoms with van der Waals surface area (Å²) < 4.78 is 0. The number of aliphatic carboxylic acids is 1. The zero-order chi connectivity index (χ0) is 28.4. The third-order valence-corrected chi connectivity index (χ3v) is 6.17. The third kappa shape index (κ3) is 9.19. The van der Waals surface area contributed by atoms with Crippen molar-refractivity contribution in [2.45, 2.75) is 64.7 Å². The minimum absolute atomic E-state index is 0.0140. The highest BCUT2D eigenvalue weighted by Gasteiger charge is 2.32. The number of nitrogens with one attached hydrogen (secondary N) is 3. The normalized spacial score (nSPS) is 14.3. The predicted molar refractivity (Wildman–Crippen MR) is 143 cm³/mol. The highest BCUT2D eigenvalue weighted by Crippen LogP contribution is 2.13. The highest BCUT2D eigenvalue weighted by molar-refractivity contribution is 5.94. The van der Waals surface area contributed by atoms with Gasteiger partial charge in [0, 0.05) is 12.8 Å². The molecule has 4 unspecified atom stereocenters. The molecule has 0 aromatic heterocycles. The first-order chi connectivity index (χ1) is 17.9. The molecule has 0 radical (unpaired) electrons. The monoisotopic (exact) mass is 526 g/mol. The molecule has 206 valence electrons. The fraction of sp³-hybridized carbons (Fsp3) is 0.429. The standard InChI is InChI=1S/C28H38N4O6/c1-16(2)23(29)26(35)30-21(14-18-8-6-5-7-9-18)25(34)32-24(17(3)4)27(36)31-22(28(37)38)15-19-10-12-20(33)13-11-19/h5-13,16-17,21-24,33H,14-15,29H2,1-4H3,(H,30,35)(H,31,36)(H,32,34)(H,37,38). The lowest BCUT2D eigenvalue weighted by Gasteiger charge is -2.27. The van der Waals surface area contributed by atoms with Gasteiger partial charge in [-0.05, 0) is 35.1 Å². The SMILES string of the molecule is CC(C)C(N)C(=O)NC(Cc1ccccc1)C(=O)NC(C(=O)NC(Cc1ccc(O)cc1)C(=O)O)C(C)C. The molecule has 10 nitrogen and oxygen atoms in total. The zero-order valence-electron chi connectivity index (χ0n) is 22.2. The average Bonchev–Trinajstić information content (AvgIpc) is 2.87. The number of phenols is 1. The molecule has 0 spiro atoms. The summed E-state index contributed by atoms with van der Waals surface area (Å²) in [6, 6.07) is 11.0. The molecule has 0 aliphatic rings. The highest BCUT2D eigenvalue weighted by atomic mass is 16.4. The summed E-state index contributed by atoms with van der Waals surface area (Å²) in [5, 5.41) is 27.0. The van der Waals surface area contributed by atoms with E-state index in [1.807, 2.05) is 30.3 Å². The van der Waals surface area contributed by atoms with E-state index in [1.54, 1.807) is 39.8 Å². The predicted octanol–water partition coefficient (Wildman–Crippen LogP) is 1.36. The lowest BCUT2D eigenvalue weighted by molar-refractivity contribution is -0.142. The van der Waals surface area contributed by atoms with E-state index >= 15 is 0 Å². The Hall–Kier alpha value is -3.92. The van der Waals surface area contributed by atoms with Crippen molar-refractivity contribution < 1.29 is 29.4 Å². The van der Waals surface area contributed by atoms with E-state index in [1.165, 1.54) is 12.1 Å². The molecule has 38 heavy (non-hydrogen) atoms. The van der Waals surface area contributed by atoms with Crippen LogP contribution in [-0.2, 0) is 32.0 Å². The Morgan fingerprint density at radius 2 is 1.24 bits per heavy atom. The quantitative estimate of drug-likeness (QED) is 0.229. The lowest BCUT2D eigenvalue weighted by atomic mass is 9.99. The second kappa shape index (κ2) is 14.1. The molecule has 2 rings (SSSR count). The van der Waals surface area contributed by atoms with E-state index in [-0.39, 0.29) is 30.4 Å². The van der Waals surface area contributed by atoms with E-state index in [9.17, 15) is 29.4 Å². The van der Waals surface area contributed by atoms with E-state index in [4.69, 9.17) is 5.73 Å². The molecule has 2 aromatic rings. The fourth-order valence-electron chi connectivity index (χ4n) is 3.75.